The zero-order valence-electron chi connectivity index (χ0n) is 11.9. The Labute approximate surface area is 131 Å². The van der Waals surface area contributed by atoms with Gasteiger partial charge in [-0.2, -0.15) is 0 Å². The predicted molar refractivity (Wildman–Crippen MR) is 80.7 cm³/mol. The van der Waals surface area contributed by atoms with Crippen LogP contribution in [-0.2, 0) is 11.2 Å². The normalized spacial score (nSPS) is 14.8. The molecule has 2 amide bonds. The minimum absolute atomic E-state index is 0.0708. The number of aromatic nitrogens is 2. The van der Waals surface area contributed by atoms with E-state index in [-0.39, 0.29) is 29.7 Å². The summed E-state index contributed by atoms with van der Waals surface area (Å²) in [5, 5.41) is 11.8. The summed E-state index contributed by atoms with van der Waals surface area (Å²) in [7, 11) is 0. The molecule has 0 saturated carbocycles. The number of thiophene rings is 1. The van der Waals surface area contributed by atoms with Gasteiger partial charge in [0.05, 0.1) is 6.42 Å². The molecule has 0 aliphatic carbocycles. The summed E-state index contributed by atoms with van der Waals surface area (Å²) in [4.78, 5) is 27.0. The monoisotopic (exact) mass is 320 g/mol. The van der Waals surface area contributed by atoms with Crippen molar-refractivity contribution in [2.45, 2.75) is 25.7 Å². The fourth-order valence-corrected chi connectivity index (χ4v) is 3.11. The van der Waals surface area contributed by atoms with Gasteiger partial charge in [0.25, 0.3) is 5.91 Å². The van der Waals surface area contributed by atoms with Crippen LogP contribution < -0.4 is 5.32 Å². The third-order valence-corrected chi connectivity index (χ3v) is 4.38. The molecule has 0 spiro atoms. The smallest absolute Gasteiger partial charge is 0.280 e. The van der Waals surface area contributed by atoms with Crippen molar-refractivity contribution in [1.82, 2.24) is 15.2 Å². The van der Waals surface area contributed by atoms with Crippen LogP contribution in [0.4, 0.5) is 5.82 Å². The van der Waals surface area contributed by atoms with E-state index in [2.05, 4.69) is 20.3 Å². The van der Waals surface area contributed by atoms with Gasteiger partial charge in [0.1, 0.15) is 0 Å². The molecule has 22 heavy (non-hydrogen) atoms. The number of anilines is 1. The van der Waals surface area contributed by atoms with Crippen molar-refractivity contribution < 1.29 is 14.2 Å². The van der Waals surface area contributed by atoms with Crippen LogP contribution in [0.3, 0.4) is 0 Å². The molecule has 1 N–H and O–H groups in total. The van der Waals surface area contributed by atoms with Gasteiger partial charge in [-0.05, 0) is 41.0 Å². The van der Waals surface area contributed by atoms with E-state index in [9.17, 15) is 9.59 Å². The molecule has 1 saturated heterocycles. The minimum Gasteiger partial charge on any atom is -0.337 e. The van der Waals surface area contributed by atoms with E-state index in [0.29, 0.717) is 13.1 Å². The van der Waals surface area contributed by atoms with Gasteiger partial charge in [0, 0.05) is 18.0 Å². The van der Waals surface area contributed by atoms with E-state index in [1.165, 1.54) is 11.3 Å². The highest BCUT2D eigenvalue weighted by Gasteiger charge is 2.26. The fourth-order valence-electron chi connectivity index (χ4n) is 2.41. The van der Waals surface area contributed by atoms with Gasteiger partial charge in [0.2, 0.25) is 17.4 Å². The first kappa shape index (κ1) is 14.7. The number of amides is 2. The number of piperidine rings is 1. The Morgan fingerprint density at radius 2 is 2.09 bits per heavy atom. The Bertz CT molecular complexity index is 647. The van der Waals surface area contributed by atoms with E-state index in [0.717, 1.165) is 24.1 Å². The van der Waals surface area contributed by atoms with E-state index >= 15 is 0 Å². The first-order chi connectivity index (χ1) is 10.7. The maximum atomic E-state index is 12.4. The first-order valence-electron chi connectivity index (χ1n) is 7.18. The van der Waals surface area contributed by atoms with Crippen molar-refractivity contribution in [3.05, 3.63) is 28.1 Å². The Balaban J connectivity index is 1.66. The lowest BCUT2D eigenvalue weighted by molar-refractivity contribution is -0.115. The molecule has 1 aliphatic heterocycles. The highest BCUT2D eigenvalue weighted by molar-refractivity contribution is 7.10. The van der Waals surface area contributed by atoms with Crippen LogP contribution in [0.1, 0.15) is 34.6 Å². The van der Waals surface area contributed by atoms with Gasteiger partial charge >= 0.3 is 0 Å². The van der Waals surface area contributed by atoms with Crippen molar-refractivity contribution >= 4 is 29.0 Å². The average Bonchev–Trinajstić information content (AvgIpc) is 3.19. The molecule has 1 aliphatic rings. The van der Waals surface area contributed by atoms with Gasteiger partial charge in [-0.3, -0.25) is 9.59 Å². The summed E-state index contributed by atoms with van der Waals surface area (Å²) in [6, 6.07) is 3.77. The van der Waals surface area contributed by atoms with Crippen molar-refractivity contribution in [2.75, 3.05) is 18.4 Å². The molecular weight excluding hydrogens is 304 g/mol. The van der Waals surface area contributed by atoms with Gasteiger partial charge in [-0.1, -0.05) is 6.07 Å². The van der Waals surface area contributed by atoms with Gasteiger partial charge in [-0.15, -0.1) is 11.3 Å². The fraction of sp³-hybridized carbons (Fsp3) is 0.429. The minimum atomic E-state index is -0.245. The number of likely N-dealkylation sites (tertiary alicyclic amines) is 1. The summed E-state index contributed by atoms with van der Waals surface area (Å²) < 4.78 is 4.63. The molecule has 116 valence electrons. The van der Waals surface area contributed by atoms with Crippen LogP contribution in [0.15, 0.2) is 22.1 Å². The molecule has 0 radical (unpaired) electrons. The summed E-state index contributed by atoms with van der Waals surface area (Å²) in [5.74, 6) is -0.393. The Morgan fingerprint density at radius 1 is 1.27 bits per heavy atom. The van der Waals surface area contributed by atoms with Gasteiger partial charge in [-0.25, -0.2) is 4.63 Å². The third-order valence-electron chi connectivity index (χ3n) is 3.51. The molecule has 7 nitrogen and oxygen atoms in total. The molecular formula is C14H16N4O3S. The number of hydrogen-bond donors (Lipinski definition) is 1. The zero-order chi connectivity index (χ0) is 15.4. The topological polar surface area (TPSA) is 88.3 Å². The van der Waals surface area contributed by atoms with Crippen LogP contribution >= 0.6 is 11.3 Å². The third kappa shape index (κ3) is 3.33. The molecule has 1 fully saturated rings. The Hall–Kier alpha value is -2.22. The van der Waals surface area contributed by atoms with Crippen LogP contribution in [0.25, 0.3) is 0 Å². The molecule has 3 heterocycles. The largest absolute Gasteiger partial charge is 0.337 e. The van der Waals surface area contributed by atoms with Crippen LogP contribution in [0.2, 0.25) is 0 Å². The molecule has 2 aromatic rings. The standard InChI is InChI=1S/C14H16N4O3S/c19-11(9-10-5-4-8-22-10)15-13-12(16-21-17-13)14(20)18-6-2-1-3-7-18/h4-5,8H,1-3,6-7,9H2,(H,15,17,19). The molecule has 0 atom stereocenters. The van der Waals surface area contributed by atoms with Crippen molar-refractivity contribution in [3.8, 4) is 0 Å². The van der Waals surface area contributed by atoms with Crippen molar-refractivity contribution in [2.24, 2.45) is 0 Å². The van der Waals surface area contributed by atoms with Crippen molar-refractivity contribution in [1.29, 1.82) is 0 Å². The SMILES string of the molecule is O=C(Cc1cccs1)Nc1nonc1C(=O)N1CCCCC1. The second-order valence-electron chi connectivity index (χ2n) is 5.12. The highest BCUT2D eigenvalue weighted by atomic mass is 32.1. The maximum Gasteiger partial charge on any atom is 0.280 e. The predicted octanol–water partition coefficient (Wildman–Crippen LogP) is 1.94. The van der Waals surface area contributed by atoms with E-state index in [4.69, 9.17) is 0 Å². The number of nitrogens with zero attached hydrogens (tertiary/aromatic N) is 3. The van der Waals surface area contributed by atoms with Gasteiger partial charge < -0.3 is 10.2 Å². The summed E-state index contributed by atoms with van der Waals surface area (Å²) in [5.41, 5.74) is 0.0708. The number of hydrogen-bond acceptors (Lipinski definition) is 6. The summed E-state index contributed by atoms with van der Waals surface area (Å²) >= 11 is 1.50. The highest BCUT2D eigenvalue weighted by Crippen LogP contribution is 2.17. The van der Waals surface area contributed by atoms with E-state index in [1.807, 2.05) is 17.5 Å². The zero-order valence-corrected chi connectivity index (χ0v) is 12.8. The second kappa shape index (κ2) is 6.69. The lowest BCUT2D eigenvalue weighted by Gasteiger charge is -2.25. The number of carbonyl (C=O) groups is 2. The lowest BCUT2D eigenvalue weighted by atomic mass is 10.1. The second-order valence-corrected chi connectivity index (χ2v) is 6.15. The average molecular weight is 320 g/mol. The Kier molecular flexibility index (Phi) is 4.47. The summed E-state index contributed by atoms with van der Waals surface area (Å²) in [6.07, 6.45) is 3.33. The first-order valence-corrected chi connectivity index (χ1v) is 8.06. The van der Waals surface area contributed by atoms with E-state index in [1.54, 1.807) is 4.90 Å². The molecule has 0 aromatic carbocycles. The molecule has 0 bridgehead atoms. The number of nitrogens with one attached hydrogen (secondary N) is 1. The molecule has 8 heteroatoms. The number of carbonyl (C=O) groups excluding carboxylic acids is 2. The number of rotatable bonds is 4. The van der Waals surface area contributed by atoms with E-state index < -0.39 is 0 Å². The molecule has 2 aromatic heterocycles. The van der Waals surface area contributed by atoms with Crippen LogP contribution in [-0.4, -0.2) is 40.1 Å². The van der Waals surface area contributed by atoms with Crippen molar-refractivity contribution in [3.63, 3.8) is 0 Å². The Morgan fingerprint density at radius 3 is 2.82 bits per heavy atom. The summed E-state index contributed by atoms with van der Waals surface area (Å²) in [6.45, 7) is 1.41. The van der Waals surface area contributed by atoms with Crippen LogP contribution in [0, 0.1) is 0 Å². The van der Waals surface area contributed by atoms with Gasteiger partial charge in [0.15, 0.2) is 0 Å². The quantitative estimate of drug-likeness (QED) is 0.930. The van der Waals surface area contributed by atoms with Crippen LogP contribution in [0.5, 0.6) is 0 Å². The lowest BCUT2D eigenvalue weighted by Crippen LogP contribution is -2.36. The molecule has 0 unspecified atom stereocenters. The molecule has 3 rings (SSSR count). The maximum absolute atomic E-state index is 12.4.